The van der Waals surface area contributed by atoms with E-state index in [0.29, 0.717) is 6.07 Å². The van der Waals surface area contributed by atoms with E-state index in [9.17, 15) is 26.4 Å². The summed E-state index contributed by atoms with van der Waals surface area (Å²) in [5, 5.41) is 9.55. The Hall–Kier alpha value is -1.81. The second-order valence-corrected chi connectivity index (χ2v) is 5.86. The van der Waals surface area contributed by atoms with Crippen LogP contribution in [0.2, 0.25) is 0 Å². The highest BCUT2D eigenvalue weighted by atomic mass is 32.2. The van der Waals surface area contributed by atoms with Crippen molar-refractivity contribution >= 4 is 21.6 Å². The smallest absolute Gasteiger partial charge is 0.387 e. The average Bonchev–Trinajstić information content (AvgIpc) is 2.35. The predicted molar refractivity (Wildman–Crippen MR) is 71.3 cm³/mol. The number of hydrogen-bond acceptors (Lipinski definition) is 4. The van der Waals surface area contributed by atoms with Gasteiger partial charge in [-0.15, -0.1) is 0 Å². The van der Waals surface area contributed by atoms with E-state index in [1.54, 1.807) is 0 Å². The molecule has 0 atom stereocenters. The number of sulfonamides is 1. The zero-order valence-electron chi connectivity index (χ0n) is 11.0. The van der Waals surface area contributed by atoms with E-state index in [0.717, 1.165) is 12.1 Å². The second kappa shape index (κ2) is 6.31. The molecule has 1 amide bonds. The van der Waals surface area contributed by atoms with Crippen molar-refractivity contribution in [3.63, 3.8) is 0 Å². The van der Waals surface area contributed by atoms with Crippen LogP contribution in [0.3, 0.4) is 0 Å². The first-order valence-electron chi connectivity index (χ1n) is 5.72. The highest BCUT2D eigenvalue weighted by Gasteiger charge is 2.31. The van der Waals surface area contributed by atoms with Crippen molar-refractivity contribution in [3.05, 3.63) is 29.3 Å². The third-order valence-electron chi connectivity index (χ3n) is 2.53. The van der Waals surface area contributed by atoms with E-state index < -0.39 is 33.4 Å². The normalized spacial score (nSPS) is 12.0. The molecule has 0 heterocycles. The molecule has 0 bridgehead atoms. The number of halogens is 3. The fraction of sp³-hybridized carbons (Fsp3) is 0.364. The van der Waals surface area contributed by atoms with Gasteiger partial charge in [-0.05, 0) is 18.2 Å². The van der Waals surface area contributed by atoms with E-state index >= 15 is 0 Å². The Morgan fingerprint density at radius 3 is 2.43 bits per heavy atom. The monoisotopic (exact) mass is 325 g/mol. The minimum atomic E-state index is -4.58. The van der Waals surface area contributed by atoms with Gasteiger partial charge in [0, 0.05) is 19.3 Å². The first-order chi connectivity index (χ1) is 9.54. The summed E-state index contributed by atoms with van der Waals surface area (Å²) in [6.45, 7) is -0.295. The lowest BCUT2D eigenvalue weighted by atomic mass is 10.1. The second-order valence-electron chi connectivity index (χ2n) is 4.13. The van der Waals surface area contributed by atoms with Crippen LogP contribution in [0.4, 0.5) is 18.9 Å². The zero-order valence-corrected chi connectivity index (χ0v) is 11.8. The molecule has 4 N–H and O–H groups in total. The number of amides is 1. The van der Waals surface area contributed by atoms with Gasteiger partial charge in [-0.2, -0.15) is 13.2 Å². The topological polar surface area (TPSA) is 101 Å². The van der Waals surface area contributed by atoms with Crippen LogP contribution in [0, 0.1) is 0 Å². The van der Waals surface area contributed by atoms with Crippen LogP contribution >= 0.6 is 0 Å². The minimum Gasteiger partial charge on any atom is -0.387 e. The van der Waals surface area contributed by atoms with Gasteiger partial charge in [0.2, 0.25) is 10.0 Å². The molecule has 1 aromatic rings. The number of benzene rings is 1. The van der Waals surface area contributed by atoms with Crippen LogP contribution < -0.4 is 15.8 Å². The first-order valence-corrected chi connectivity index (χ1v) is 7.44. The maximum absolute atomic E-state index is 12.6. The molecule has 118 valence electrons. The summed E-state index contributed by atoms with van der Waals surface area (Å²) in [5.74, 6) is -1.33. The molecule has 1 rings (SSSR count). The number of hydrogen-bond donors (Lipinski definition) is 3. The summed E-state index contributed by atoms with van der Waals surface area (Å²) in [7, 11) is -2.31. The maximum Gasteiger partial charge on any atom is 0.416 e. The molecule has 10 heteroatoms. The van der Waals surface area contributed by atoms with Crippen molar-refractivity contribution in [2.45, 2.75) is 6.18 Å². The summed E-state index contributed by atoms with van der Waals surface area (Å²) < 4.78 is 59.3. The van der Waals surface area contributed by atoms with E-state index in [1.165, 1.54) is 7.05 Å². The number of carbonyl (C=O) groups is 1. The summed E-state index contributed by atoms with van der Waals surface area (Å²) in [5.41, 5.74) is -1.02. The number of nitrogens with one attached hydrogen (secondary N) is 2. The quantitative estimate of drug-likeness (QED) is 0.744. The molecule has 0 fully saturated rings. The first kappa shape index (κ1) is 17.2. The van der Waals surface area contributed by atoms with Crippen molar-refractivity contribution in [1.29, 1.82) is 0 Å². The average molecular weight is 325 g/mol. The molecule has 0 unspecified atom stereocenters. The minimum absolute atomic E-state index is 0.191. The molecule has 0 radical (unpaired) electrons. The van der Waals surface area contributed by atoms with Gasteiger partial charge in [0.25, 0.3) is 5.91 Å². The van der Waals surface area contributed by atoms with Crippen molar-refractivity contribution in [3.8, 4) is 0 Å². The van der Waals surface area contributed by atoms with E-state index in [1.807, 2.05) is 0 Å². The number of rotatable bonds is 5. The Labute approximate surface area is 119 Å². The fourth-order valence-electron chi connectivity index (χ4n) is 1.53. The van der Waals surface area contributed by atoms with E-state index in [-0.39, 0.29) is 17.8 Å². The number of primary sulfonamides is 1. The van der Waals surface area contributed by atoms with Crippen LogP contribution in [-0.2, 0) is 16.2 Å². The lowest BCUT2D eigenvalue weighted by Crippen LogP contribution is -2.32. The largest absolute Gasteiger partial charge is 0.416 e. The van der Waals surface area contributed by atoms with Gasteiger partial charge in [-0.3, -0.25) is 4.79 Å². The Morgan fingerprint density at radius 1 is 1.33 bits per heavy atom. The highest BCUT2D eigenvalue weighted by molar-refractivity contribution is 7.89. The number of nitrogens with two attached hydrogens (primary N) is 1. The van der Waals surface area contributed by atoms with Gasteiger partial charge in [0.15, 0.2) is 0 Å². The SMILES string of the molecule is CNc1ccc(C(F)(F)F)cc1C(=O)NCCS(N)(=O)=O. The molecule has 6 nitrogen and oxygen atoms in total. The third kappa shape index (κ3) is 5.23. The number of carbonyl (C=O) groups excluding carboxylic acids is 1. The Morgan fingerprint density at radius 2 is 1.95 bits per heavy atom. The van der Waals surface area contributed by atoms with Crippen molar-refractivity contribution < 1.29 is 26.4 Å². The highest BCUT2D eigenvalue weighted by Crippen LogP contribution is 2.31. The molecule has 0 saturated carbocycles. The van der Waals surface area contributed by atoms with Crippen LogP contribution in [0.1, 0.15) is 15.9 Å². The van der Waals surface area contributed by atoms with Crippen LogP contribution in [0.15, 0.2) is 18.2 Å². The third-order valence-corrected chi connectivity index (χ3v) is 3.31. The van der Waals surface area contributed by atoms with Crippen molar-refractivity contribution in [2.24, 2.45) is 5.14 Å². The van der Waals surface area contributed by atoms with E-state index in [4.69, 9.17) is 5.14 Å². The van der Waals surface area contributed by atoms with Gasteiger partial charge < -0.3 is 10.6 Å². The van der Waals surface area contributed by atoms with Gasteiger partial charge >= 0.3 is 6.18 Å². The van der Waals surface area contributed by atoms with E-state index in [2.05, 4.69) is 10.6 Å². The molecule has 21 heavy (non-hydrogen) atoms. The summed E-state index contributed by atoms with van der Waals surface area (Å²) in [4.78, 5) is 11.8. The predicted octanol–water partition coefficient (Wildman–Crippen LogP) is 0.765. The fourth-order valence-corrected chi connectivity index (χ4v) is 1.92. The molecule has 0 aliphatic rings. The molecule has 0 aliphatic heterocycles. The van der Waals surface area contributed by atoms with Gasteiger partial charge in [0.1, 0.15) is 0 Å². The molecule has 0 saturated heterocycles. The lowest BCUT2D eigenvalue weighted by molar-refractivity contribution is -0.137. The van der Waals surface area contributed by atoms with Crippen LogP contribution in [-0.4, -0.2) is 33.7 Å². The molecule has 1 aromatic carbocycles. The standard InChI is InChI=1S/C11H14F3N3O3S/c1-16-9-3-2-7(11(12,13)14)6-8(9)10(18)17-4-5-21(15,19)20/h2-3,6,16H,4-5H2,1H3,(H,17,18)(H2,15,19,20). The van der Waals surface area contributed by atoms with Crippen molar-refractivity contribution in [2.75, 3.05) is 24.7 Å². The maximum atomic E-state index is 12.6. The van der Waals surface area contributed by atoms with Gasteiger partial charge in [0.05, 0.1) is 16.9 Å². The molecular weight excluding hydrogens is 311 g/mol. The molecule has 0 spiro atoms. The number of anilines is 1. The van der Waals surface area contributed by atoms with Crippen molar-refractivity contribution in [1.82, 2.24) is 5.32 Å². The summed E-state index contributed by atoms with van der Waals surface area (Å²) >= 11 is 0. The van der Waals surface area contributed by atoms with Gasteiger partial charge in [-0.1, -0.05) is 0 Å². The Balaban J connectivity index is 2.96. The molecule has 0 aromatic heterocycles. The zero-order chi connectivity index (χ0) is 16.3. The molecular formula is C11H14F3N3O3S. The summed E-state index contributed by atoms with van der Waals surface area (Å²) in [6.07, 6.45) is -4.58. The Bertz CT molecular complexity index is 629. The number of alkyl halides is 3. The molecule has 0 aliphatic carbocycles. The van der Waals surface area contributed by atoms with Crippen LogP contribution in [0.25, 0.3) is 0 Å². The van der Waals surface area contributed by atoms with Gasteiger partial charge in [-0.25, -0.2) is 13.6 Å². The van der Waals surface area contributed by atoms with Crippen LogP contribution in [0.5, 0.6) is 0 Å². The summed E-state index contributed by atoms with van der Waals surface area (Å²) in [6, 6.07) is 2.66. The Kier molecular flexibility index (Phi) is 5.18. The lowest BCUT2D eigenvalue weighted by Gasteiger charge is -2.13.